The van der Waals surface area contributed by atoms with Gasteiger partial charge in [-0.25, -0.2) is 0 Å². The molecular formula is C16H31N3O2. The van der Waals surface area contributed by atoms with Crippen molar-refractivity contribution >= 4 is 0 Å². The van der Waals surface area contributed by atoms with Gasteiger partial charge in [-0.2, -0.15) is 0 Å². The van der Waals surface area contributed by atoms with Crippen LogP contribution in [0, 0.1) is 0 Å². The summed E-state index contributed by atoms with van der Waals surface area (Å²) < 4.78 is 11.9. The number of nitrogens with one attached hydrogen (secondary N) is 1. The van der Waals surface area contributed by atoms with Crippen molar-refractivity contribution < 1.29 is 9.47 Å². The van der Waals surface area contributed by atoms with E-state index in [0.717, 1.165) is 32.5 Å². The highest BCUT2D eigenvalue weighted by molar-refractivity contribution is 4.97. The first kappa shape index (κ1) is 15.7. The lowest BCUT2D eigenvalue weighted by Crippen LogP contribution is -2.59. The van der Waals surface area contributed by atoms with Crippen molar-refractivity contribution in [3.63, 3.8) is 0 Å². The number of hydrogen-bond acceptors (Lipinski definition) is 5. The van der Waals surface area contributed by atoms with Crippen molar-refractivity contribution in [2.24, 2.45) is 0 Å². The Kier molecular flexibility index (Phi) is 4.86. The van der Waals surface area contributed by atoms with Gasteiger partial charge in [0.15, 0.2) is 5.79 Å². The normalized spacial score (nSPS) is 34.9. The second kappa shape index (κ2) is 6.50. The molecule has 5 heteroatoms. The molecule has 2 aliphatic heterocycles. The number of likely N-dealkylation sites (N-methyl/N-ethyl adjacent to an activating group) is 2. The minimum atomic E-state index is -0.294. The third-order valence-electron chi connectivity index (χ3n) is 5.79. The topological polar surface area (TPSA) is 37.0 Å². The fourth-order valence-electron chi connectivity index (χ4n) is 4.33. The lowest BCUT2D eigenvalue weighted by molar-refractivity contribution is -0.194. The summed E-state index contributed by atoms with van der Waals surface area (Å²) in [7, 11) is 6.62. The molecule has 1 N–H and O–H groups in total. The van der Waals surface area contributed by atoms with Crippen molar-refractivity contribution in [1.82, 2.24) is 15.1 Å². The molecule has 0 aromatic heterocycles. The van der Waals surface area contributed by atoms with E-state index in [0.29, 0.717) is 18.1 Å². The van der Waals surface area contributed by atoms with Gasteiger partial charge >= 0.3 is 0 Å². The van der Waals surface area contributed by atoms with E-state index in [9.17, 15) is 0 Å². The monoisotopic (exact) mass is 297 g/mol. The third kappa shape index (κ3) is 3.27. The smallest absolute Gasteiger partial charge is 0.170 e. The van der Waals surface area contributed by atoms with E-state index < -0.39 is 0 Å². The molecule has 3 fully saturated rings. The molecule has 1 spiro atoms. The molecule has 122 valence electrons. The second-order valence-electron chi connectivity index (χ2n) is 7.01. The van der Waals surface area contributed by atoms with Gasteiger partial charge in [0, 0.05) is 31.0 Å². The molecule has 3 aliphatic rings. The molecule has 2 saturated heterocycles. The van der Waals surface area contributed by atoms with Gasteiger partial charge in [0.1, 0.15) is 0 Å². The van der Waals surface area contributed by atoms with E-state index >= 15 is 0 Å². The zero-order chi connectivity index (χ0) is 14.9. The number of hydrogen-bond donors (Lipinski definition) is 1. The van der Waals surface area contributed by atoms with Crippen LogP contribution in [0.2, 0.25) is 0 Å². The Morgan fingerprint density at radius 1 is 1.14 bits per heavy atom. The first-order chi connectivity index (χ1) is 10.1. The molecule has 1 aliphatic carbocycles. The summed E-state index contributed by atoms with van der Waals surface area (Å²) in [6, 6.07) is 1.75. The molecule has 0 radical (unpaired) electrons. The van der Waals surface area contributed by atoms with Crippen molar-refractivity contribution in [2.75, 3.05) is 47.4 Å². The molecule has 2 heterocycles. The van der Waals surface area contributed by atoms with Crippen LogP contribution in [0.4, 0.5) is 0 Å². The number of nitrogens with zero attached hydrogens (tertiary/aromatic N) is 2. The minimum absolute atomic E-state index is 0.294. The van der Waals surface area contributed by atoms with E-state index in [1.54, 1.807) is 0 Å². The van der Waals surface area contributed by atoms with Crippen LogP contribution in [-0.4, -0.2) is 81.2 Å². The van der Waals surface area contributed by atoms with Crippen molar-refractivity contribution in [3.8, 4) is 0 Å². The van der Waals surface area contributed by atoms with Gasteiger partial charge in [-0.1, -0.05) is 0 Å². The van der Waals surface area contributed by atoms with Crippen LogP contribution in [0.15, 0.2) is 0 Å². The third-order valence-corrected chi connectivity index (χ3v) is 5.79. The van der Waals surface area contributed by atoms with Gasteiger partial charge < -0.3 is 19.7 Å². The number of piperidine rings is 1. The Labute approximate surface area is 128 Å². The first-order valence-corrected chi connectivity index (χ1v) is 8.49. The van der Waals surface area contributed by atoms with E-state index in [1.165, 1.54) is 25.9 Å². The van der Waals surface area contributed by atoms with Crippen LogP contribution in [0.25, 0.3) is 0 Å². The SMILES string of the molecule is CNC1CCC2(CC1N(C)C1CCN(C)CC1)OCCO2. The van der Waals surface area contributed by atoms with Crippen LogP contribution in [0.3, 0.4) is 0 Å². The fraction of sp³-hybridized carbons (Fsp3) is 1.00. The molecular weight excluding hydrogens is 266 g/mol. The molecule has 0 bridgehead atoms. The largest absolute Gasteiger partial charge is 0.347 e. The maximum Gasteiger partial charge on any atom is 0.170 e. The lowest BCUT2D eigenvalue weighted by atomic mass is 9.83. The molecule has 0 aromatic rings. The lowest BCUT2D eigenvalue weighted by Gasteiger charge is -2.48. The van der Waals surface area contributed by atoms with E-state index in [2.05, 4.69) is 36.3 Å². The van der Waals surface area contributed by atoms with Gasteiger partial charge in [0.25, 0.3) is 0 Å². The Bertz CT molecular complexity index is 338. The fourth-order valence-corrected chi connectivity index (χ4v) is 4.33. The highest BCUT2D eigenvalue weighted by Gasteiger charge is 2.46. The molecule has 1 saturated carbocycles. The van der Waals surface area contributed by atoms with Crippen molar-refractivity contribution in [2.45, 2.75) is 56.0 Å². The summed E-state index contributed by atoms with van der Waals surface area (Å²) in [5, 5.41) is 3.53. The summed E-state index contributed by atoms with van der Waals surface area (Å²) in [5.74, 6) is -0.294. The van der Waals surface area contributed by atoms with Gasteiger partial charge in [-0.3, -0.25) is 4.90 Å². The summed E-state index contributed by atoms with van der Waals surface area (Å²) in [5.41, 5.74) is 0. The van der Waals surface area contributed by atoms with Crippen molar-refractivity contribution in [3.05, 3.63) is 0 Å². The summed E-state index contributed by atoms with van der Waals surface area (Å²) in [4.78, 5) is 5.05. The molecule has 5 nitrogen and oxygen atoms in total. The highest BCUT2D eigenvalue weighted by atomic mass is 16.7. The van der Waals surface area contributed by atoms with E-state index in [1.807, 2.05) is 0 Å². The Hall–Kier alpha value is -0.200. The molecule has 2 unspecified atom stereocenters. The molecule has 21 heavy (non-hydrogen) atoms. The zero-order valence-corrected chi connectivity index (χ0v) is 13.8. The van der Waals surface area contributed by atoms with Crippen LogP contribution in [0.1, 0.15) is 32.1 Å². The predicted octanol–water partition coefficient (Wildman–Crippen LogP) is 0.896. The number of rotatable bonds is 3. The first-order valence-electron chi connectivity index (χ1n) is 8.49. The quantitative estimate of drug-likeness (QED) is 0.837. The molecule has 3 rings (SSSR count). The minimum Gasteiger partial charge on any atom is -0.347 e. The summed E-state index contributed by atoms with van der Waals surface area (Å²) in [6.07, 6.45) is 5.71. The Balaban J connectivity index is 1.67. The maximum absolute atomic E-state index is 5.97. The van der Waals surface area contributed by atoms with Crippen LogP contribution < -0.4 is 5.32 Å². The number of likely N-dealkylation sites (tertiary alicyclic amines) is 1. The predicted molar refractivity (Wildman–Crippen MR) is 83.4 cm³/mol. The Morgan fingerprint density at radius 2 is 1.81 bits per heavy atom. The summed E-state index contributed by atoms with van der Waals surface area (Å²) >= 11 is 0. The summed E-state index contributed by atoms with van der Waals surface area (Å²) in [6.45, 7) is 3.94. The van der Waals surface area contributed by atoms with Gasteiger partial charge in [-0.15, -0.1) is 0 Å². The van der Waals surface area contributed by atoms with Crippen molar-refractivity contribution in [1.29, 1.82) is 0 Å². The molecule has 0 amide bonds. The average molecular weight is 297 g/mol. The second-order valence-corrected chi connectivity index (χ2v) is 7.01. The van der Waals surface area contributed by atoms with Gasteiger partial charge in [-0.05, 0) is 53.5 Å². The maximum atomic E-state index is 5.97. The van der Waals surface area contributed by atoms with Crippen LogP contribution >= 0.6 is 0 Å². The molecule has 0 aromatic carbocycles. The number of ether oxygens (including phenoxy) is 2. The van der Waals surface area contributed by atoms with Gasteiger partial charge in [0.05, 0.1) is 13.2 Å². The average Bonchev–Trinajstić information content (AvgIpc) is 2.95. The van der Waals surface area contributed by atoms with Crippen LogP contribution in [-0.2, 0) is 9.47 Å². The molecule has 2 atom stereocenters. The van der Waals surface area contributed by atoms with Gasteiger partial charge in [0.2, 0.25) is 0 Å². The standard InChI is InChI=1S/C16H31N3O2/c1-17-14-4-7-16(20-10-11-21-16)12-15(14)19(3)13-5-8-18(2)9-6-13/h13-15,17H,4-12H2,1-3H3. The van der Waals surface area contributed by atoms with E-state index in [4.69, 9.17) is 9.47 Å². The Morgan fingerprint density at radius 3 is 2.43 bits per heavy atom. The zero-order valence-electron chi connectivity index (χ0n) is 13.8. The van der Waals surface area contributed by atoms with E-state index in [-0.39, 0.29) is 5.79 Å². The van der Waals surface area contributed by atoms with Crippen LogP contribution in [0.5, 0.6) is 0 Å². The highest BCUT2D eigenvalue weighted by Crippen LogP contribution is 2.38.